The first-order valence-corrected chi connectivity index (χ1v) is 6.31. The van der Waals surface area contributed by atoms with Crippen LogP contribution in [0.3, 0.4) is 0 Å². The highest BCUT2D eigenvalue weighted by Gasteiger charge is 2.35. The molecule has 2 nitrogen and oxygen atoms in total. The smallest absolute Gasteiger partial charge is 0.0690 e. The van der Waals surface area contributed by atoms with E-state index in [-0.39, 0.29) is 11.3 Å². The molecule has 0 saturated carbocycles. The van der Waals surface area contributed by atoms with Gasteiger partial charge in [0, 0.05) is 23.8 Å². The van der Waals surface area contributed by atoms with Gasteiger partial charge < -0.3 is 4.90 Å². The molecule has 90 valence electrons. The zero-order chi connectivity index (χ0) is 12.5. The van der Waals surface area contributed by atoms with Crippen LogP contribution in [0, 0.1) is 22.7 Å². The van der Waals surface area contributed by atoms with Crippen LogP contribution in [0.5, 0.6) is 0 Å². The number of hydrogen-bond donors (Lipinski definition) is 0. The first kappa shape index (κ1) is 12.3. The maximum atomic E-state index is 9.24. The minimum absolute atomic E-state index is 0.0789. The van der Waals surface area contributed by atoms with Gasteiger partial charge in [-0.25, -0.2) is 0 Å². The third kappa shape index (κ3) is 2.56. The van der Waals surface area contributed by atoms with E-state index in [4.69, 9.17) is 11.6 Å². The zero-order valence-electron chi connectivity index (χ0n) is 10.3. The normalized spacial score (nSPS) is 23.2. The van der Waals surface area contributed by atoms with Gasteiger partial charge in [-0.15, -0.1) is 0 Å². The Labute approximate surface area is 108 Å². The van der Waals surface area contributed by atoms with Crippen LogP contribution >= 0.6 is 11.6 Å². The molecule has 0 aromatic heterocycles. The van der Waals surface area contributed by atoms with Gasteiger partial charge in [0.1, 0.15) is 0 Å². The van der Waals surface area contributed by atoms with Crippen LogP contribution in [0.4, 0.5) is 5.69 Å². The van der Waals surface area contributed by atoms with Crippen LogP contribution in [-0.4, -0.2) is 13.1 Å². The Morgan fingerprint density at radius 3 is 2.88 bits per heavy atom. The minimum atomic E-state index is 0.0789. The van der Waals surface area contributed by atoms with E-state index in [1.807, 2.05) is 18.2 Å². The third-order valence-electron chi connectivity index (χ3n) is 3.70. The molecule has 0 radical (unpaired) electrons. The third-order valence-corrected chi connectivity index (χ3v) is 3.94. The molecule has 1 aromatic carbocycles. The molecule has 1 heterocycles. The van der Waals surface area contributed by atoms with Gasteiger partial charge in [0.2, 0.25) is 0 Å². The van der Waals surface area contributed by atoms with E-state index >= 15 is 0 Å². The topological polar surface area (TPSA) is 27.0 Å². The van der Waals surface area contributed by atoms with Crippen molar-refractivity contribution in [1.29, 1.82) is 5.26 Å². The van der Waals surface area contributed by atoms with E-state index in [1.54, 1.807) is 0 Å². The van der Waals surface area contributed by atoms with Crippen LogP contribution < -0.4 is 4.90 Å². The van der Waals surface area contributed by atoms with E-state index in [0.29, 0.717) is 0 Å². The van der Waals surface area contributed by atoms with Crippen molar-refractivity contribution >= 4 is 17.3 Å². The van der Waals surface area contributed by atoms with Crippen molar-refractivity contribution in [1.82, 2.24) is 0 Å². The minimum Gasteiger partial charge on any atom is -0.370 e. The Balaban J connectivity index is 2.18. The van der Waals surface area contributed by atoms with Gasteiger partial charge in [0.15, 0.2) is 0 Å². The van der Waals surface area contributed by atoms with E-state index < -0.39 is 0 Å². The van der Waals surface area contributed by atoms with E-state index in [0.717, 1.165) is 30.2 Å². The molecule has 1 aliphatic rings. The number of rotatable bonds is 1. The first-order chi connectivity index (χ1) is 8.03. The molecule has 1 saturated heterocycles. The molecule has 0 spiro atoms. The summed E-state index contributed by atoms with van der Waals surface area (Å²) in [6.45, 7) is 6.14. The fourth-order valence-electron chi connectivity index (χ4n) is 2.28. The second-order valence-electron chi connectivity index (χ2n) is 5.35. The van der Waals surface area contributed by atoms with E-state index in [9.17, 15) is 5.26 Å². The van der Waals surface area contributed by atoms with Crippen LogP contribution in [0.15, 0.2) is 24.3 Å². The molecule has 0 aliphatic carbocycles. The fourth-order valence-corrected chi connectivity index (χ4v) is 2.46. The Hall–Kier alpha value is -1.20. The lowest BCUT2D eigenvalue weighted by molar-refractivity contribution is 0.217. The number of nitrogens with zero attached hydrogens (tertiary/aromatic N) is 2. The van der Waals surface area contributed by atoms with Crippen molar-refractivity contribution in [2.45, 2.75) is 20.3 Å². The van der Waals surface area contributed by atoms with Crippen molar-refractivity contribution in [3.63, 3.8) is 0 Å². The highest BCUT2D eigenvalue weighted by atomic mass is 35.5. The van der Waals surface area contributed by atoms with Crippen LogP contribution in [0.1, 0.15) is 20.3 Å². The maximum absolute atomic E-state index is 9.24. The molecule has 0 amide bonds. The SMILES string of the molecule is CC1(C)CCN(c2cccc(Cl)c2)CC1C#N. The Morgan fingerprint density at radius 2 is 2.24 bits per heavy atom. The number of anilines is 1. The highest BCUT2D eigenvalue weighted by molar-refractivity contribution is 6.30. The average molecular weight is 249 g/mol. The van der Waals surface area contributed by atoms with Crippen molar-refractivity contribution in [2.75, 3.05) is 18.0 Å². The predicted octanol–water partition coefficient (Wildman–Crippen LogP) is 3.72. The summed E-state index contributed by atoms with van der Waals surface area (Å²) in [7, 11) is 0. The number of hydrogen-bond acceptors (Lipinski definition) is 2. The monoisotopic (exact) mass is 248 g/mol. The zero-order valence-corrected chi connectivity index (χ0v) is 11.0. The molecule has 0 bridgehead atoms. The van der Waals surface area contributed by atoms with Crippen molar-refractivity contribution in [3.05, 3.63) is 29.3 Å². The molecule has 1 fully saturated rings. The summed E-state index contributed by atoms with van der Waals surface area (Å²) < 4.78 is 0. The summed E-state index contributed by atoms with van der Waals surface area (Å²) in [4.78, 5) is 2.25. The molecular weight excluding hydrogens is 232 g/mol. The van der Waals surface area contributed by atoms with Crippen molar-refractivity contribution < 1.29 is 0 Å². The highest BCUT2D eigenvalue weighted by Crippen LogP contribution is 2.37. The van der Waals surface area contributed by atoms with Crippen molar-refractivity contribution in [2.24, 2.45) is 11.3 Å². The van der Waals surface area contributed by atoms with E-state index in [2.05, 4.69) is 30.9 Å². The average Bonchev–Trinajstić information content (AvgIpc) is 2.28. The van der Waals surface area contributed by atoms with Gasteiger partial charge in [0.05, 0.1) is 12.0 Å². The van der Waals surface area contributed by atoms with Crippen molar-refractivity contribution in [3.8, 4) is 6.07 Å². The second-order valence-corrected chi connectivity index (χ2v) is 5.78. The van der Waals surface area contributed by atoms with Gasteiger partial charge >= 0.3 is 0 Å². The lowest BCUT2D eigenvalue weighted by Gasteiger charge is -2.41. The molecule has 1 aliphatic heterocycles. The Bertz CT molecular complexity index is 448. The molecule has 0 N–H and O–H groups in total. The molecule has 17 heavy (non-hydrogen) atoms. The number of piperidine rings is 1. The Kier molecular flexibility index (Phi) is 3.31. The van der Waals surface area contributed by atoms with Gasteiger partial charge in [-0.2, -0.15) is 5.26 Å². The molecule has 1 unspecified atom stereocenters. The molecule has 1 atom stereocenters. The van der Waals surface area contributed by atoms with Crippen LogP contribution in [-0.2, 0) is 0 Å². The summed E-state index contributed by atoms with van der Waals surface area (Å²) in [5.41, 5.74) is 1.23. The second kappa shape index (κ2) is 4.58. The van der Waals surface area contributed by atoms with Crippen LogP contribution in [0.25, 0.3) is 0 Å². The summed E-state index contributed by atoms with van der Waals surface area (Å²) in [5.74, 6) is 0.0789. The first-order valence-electron chi connectivity index (χ1n) is 5.93. The lowest BCUT2D eigenvalue weighted by atomic mass is 9.74. The van der Waals surface area contributed by atoms with Gasteiger partial charge in [0.25, 0.3) is 0 Å². The van der Waals surface area contributed by atoms with Gasteiger partial charge in [-0.1, -0.05) is 31.5 Å². The molecular formula is C14H17ClN2. The van der Waals surface area contributed by atoms with Gasteiger partial charge in [-0.05, 0) is 30.0 Å². The van der Waals surface area contributed by atoms with Crippen LogP contribution in [0.2, 0.25) is 5.02 Å². The van der Waals surface area contributed by atoms with Gasteiger partial charge in [-0.3, -0.25) is 0 Å². The molecule has 3 heteroatoms. The number of halogens is 1. The standard InChI is InChI=1S/C14H17ClN2/c1-14(2)6-7-17(10-11(14)9-16)13-5-3-4-12(15)8-13/h3-5,8,11H,6-7,10H2,1-2H3. The summed E-state index contributed by atoms with van der Waals surface area (Å²) in [6, 6.07) is 10.3. The fraction of sp³-hybridized carbons (Fsp3) is 0.500. The summed E-state index contributed by atoms with van der Waals surface area (Å²) >= 11 is 6.00. The Morgan fingerprint density at radius 1 is 1.47 bits per heavy atom. The summed E-state index contributed by atoms with van der Waals surface area (Å²) in [5, 5.41) is 9.99. The van der Waals surface area contributed by atoms with E-state index in [1.165, 1.54) is 0 Å². The summed E-state index contributed by atoms with van der Waals surface area (Å²) in [6.07, 6.45) is 1.04. The largest absolute Gasteiger partial charge is 0.370 e. The maximum Gasteiger partial charge on any atom is 0.0690 e. The predicted molar refractivity (Wildman–Crippen MR) is 71.2 cm³/mol. The quantitative estimate of drug-likeness (QED) is 0.758. The molecule has 1 aromatic rings. The molecule has 2 rings (SSSR count). The number of benzene rings is 1. The number of nitriles is 1. The lowest BCUT2D eigenvalue weighted by Crippen LogP contribution is -2.44.